The Morgan fingerprint density at radius 1 is 1.57 bits per heavy atom. The van der Waals surface area contributed by atoms with Crippen LogP contribution in [0.1, 0.15) is 19.8 Å². The van der Waals surface area contributed by atoms with Gasteiger partial charge in [0.1, 0.15) is 0 Å². The van der Waals surface area contributed by atoms with Crippen LogP contribution in [0.2, 0.25) is 0 Å². The summed E-state index contributed by atoms with van der Waals surface area (Å²) in [5, 5.41) is 0. The van der Waals surface area contributed by atoms with E-state index < -0.39 is 0 Å². The molecule has 1 fully saturated rings. The molecule has 1 aliphatic heterocycles. The zero-order chi connectivity index (χ0) is 10.6. The lowest BCUT2D eigenvalue weighted by Gasteiger charge is -2.34. The minimum absolute atomic E-state index is 0.126. The Hall–Kier alpha value is -0.610. The maximum Gasteiger partial charge on any atom is 0.234 e. The normalized spacial score (nSPS) is 22.1. The molecule has 0 aromatic rings. The van der Waals surface area contributed by atoms with Gasteiger partial charge in [0.05, 0.1) is 6.04 Å². The Morgan fingerprint density at radius 3 is 2.57 bits per heavy atom. The summed E-state index contributed by atoms with van der Waals surface area (Å²) in [4.78, 5) is 13.1. The first kappa shape index (κ1) is 11.5. The number of methoxy groups -OCH3 is 1. The molecule has 1 unspecified atom stereocenters. The molecule has 82 valence electrons. The second kappa shape index (κ2) is 5.32. The van der Waals surface area contributed by atoms with Gasteiger partial charge in [0.15, 0.2) is 0 Å². The summed E-state index contributed by atoms with van der Waals surface area (Å²) in [5.41, 5.74) is 5.25. The molecule has 0 aromatic heterocycles. The van der Waals surface area contributed by atoms with E-state index in [1.165, 1.54) is 0 Å². The Balaban J connectivity index is 2.31. The third-order valence-corrected chi connectivity index (χ3v) is 3.01. The minimum Gasteiger partial charge on any atom is -0.384 e. The van der Waals surface area contributed by atoms with Crippen LogP contribution in [0.5, 0.6) is 0 Å². The molecule has 1 heterocycles. The van der Waals surface area contributed by atoms with Crippen LogP contribution in [0.25, 0.3) is 0 Å². The number of nitrogens with two attached hydrogens (primary N) is 1. The number of ether oxygens (including phenoxy) is 1. The van der Waals surface area contributed by atoms with Gasteiger partial charge in [0.25, 0.3) is 0 Å². The fraction of sp³-hybridized carbons (Fsp3) is 0.900. The first-order valence-corrected chi connectivity index (χ1v) is 5.17. The molecule has 4 heteroatoms. The first-order chi connectivity index (χ1) is 6.65. The molecule has 1 saturated heterocycles. The van der Waals surface area contributed by atoms with E-state index in [-0.39, 0.29) is 11.9 Å². The largest absolute Gasteiger partial charge is 0.384 e. The van der Waals surface area contributed by atoms with Gasteiger partial charge in [-0.1, -0.05) is 0 Å². The van der Waals surface area contributed by atoms with Crippen LogP contribution in [0, 0.1) is 5.92 Å². The highest BCUT2D eigenvalue weighted by atomic mass is 16.5. The Labute approximate surface area is 85.4 Å². The number of hydrogen-bond donors (Lipinski definition) is 1. The monoisotopic (exact) mass is 200 g/mol. The molecule has 1 aliphatic rings. The predicted molar refractivity (Wildman–Crippen MR) is 54.8 cm³/mol. The average Bonchev–Trinajstić information content (AvgIpc) is 2.18. The van der Waals surface area contributed by atoms with Crippen molar-refractivity contribution in [2.24, 2.45) is 11.7 Å². The number of carbonyl (C=O) groups is 1. The van der Waals surface area contributed by atoms with E-state index in [2.05, 4.69) is 4.90 Å². The summed E-state index contributed by atoms with van der Waals surface area (Å²) in [7, 11) is 1.73. The summed E-state index contributed by atoms with van der Waals surface area (Å²) < 4.78 is 5.11. The second-order valence-electron chi connectivity index (χ2n) is 4.01. The van der Waals surface area contributed by atoms with Gasteiger partial charge < -0.3 is 10.5 Å². The van der Waals surface area contributed by atoms with E-state index in [0.29, 0.717) is 5.92 Å². The van der Waals surface area contributed by atoms with Gasteiger partial charge in [-0.25, -0.2) is 0 Å². The number of carbonyl (C=O) groups excluding carboxylic acids is 1. The van der Waals surface area contributed by atoms with Crippen LogP contribution >= 0.6 is 0 Å². The van der Waals surface area contributed by atoms with Gasteiger partial charge in [-0.05, 0) is 38.8 Å². The number of piperidine rings is 1. The SMILES string of the molecule is COCC1CCN(C(C)C(N)=O)CC1. The van der Waals surface area contributed by atoms with E-state index in [1.54, 1.807) is 7.11 Å². The zero-order valence-electron chi connectivity index (χ0n) is 9.03. The van der Waals surface area contributed by atoms with E-state index in [0.717, 1.165) is 32.5 Å². The third kappa shape index (κ3) is 2.96. The van der Waals surface area contributed by atoms with E-state index >= 15 is 0 Å². The quantitative estimate of drug-likeness (QED) is 0.706. The van der Waals surface area contributed by atoms with Crippen molar-refractivity contribution in [3.63, 3.8) is 0 Å². The van der Waals surface area contributed by atoms with Crippen LogP contribution in [-0.2, 0) is 9.53 Å². The van der Waals surface area contributed by atoms with E-state index in [1.807, 2.05) is 6.92 Å². The number of likely N-dealkylation sites (tertiary alicyclic amines) is 1. The van der Waals surface area contributed by atoms with Crippen LogP contribution in [-0.4, -0.2) is 43.7 Å². The van der Waals surface area contributed by atoms with Crippen LogP contribution in [0.3, 0.4) is 0 Å². The summed E-state index contributed by atoms with van der Waals surface area (Å²) in [6, 6.07) is -0.126. The molecule has 14 heavy (non-hydrogen) atoms. The number of amides is 1. The second-order valence-corrected chi connectivity index (χ2v) is 4.01. The lowest BCUT2D eigenvalue weighted by molar-refractivity contribution is -0.123. The predicted octanol–water partition coefficient (Wildman–Crippen LogP) is 0.219. The van der Waals surface area contributed by atoms with Gasteiger partial charge in [-0.3, -0.25) is 9.69 Å². The highest BCUT2D eigenvalue weighted by Gasteiger charge is 2.24. The Bertz CT molecular complexity index is 189. The van der Waals surface area contributed by atoms with Gasteiger partial charge in [0, 0.05) is 13.7 Å². The molecular weight excluding hydrogens is 180 g/mol. The van der Waals surface area contributed by atoms with Gasteiger partial charge in [-0.15, -0.1) is 0 Å². The van der Waals surface area contributed by atoms with Crippen LogP contribution in [0.15, 0.2) is 0 Å². The van der Waals surface area contributed by atoms with Crippen molar-refractivity contribution < 1.29 is 9.53 Å². The highest BCUT2D eigenvalue weighted by Crippen LogP contribution is 2.18. The molecule has 0 saturated carbocycles. The van der Waals surface area contributed by atoms with Crippen molar-refractivity contribution in [3.05, 3.63) is 0 Å². The molecule has 1 atom stereocenters. The fourth-order valence-corrected chi connectivity index (χ4v) is 1.92. The Morgan fingerprint density at radius 2 is 2.14 bits per heavy atom. The molecule has 4 nitrogen and oxygen atoms in total. The van der Waals surface area contributed by atoms with Gasteiger partial charge >= 0.3 is 0 Å². The smallest absolute Gasteiger partial charge is 0.234 e. The van der Waals surface area contributed by atoms with Crippen molar-refractivity contribution in [3.8, 4) is 0 Å². The molecule has 1 rings (SSSR count). The lowest BCUT2D eigenvalue weighted by Crippen LogP contribution is -2.46. The lowest BCUT2D eigenvalue weighted by atomic mass is 9.97. The van der Waals surface area contributed by atoms with Crippen LogP contribution < -0.4 is 5.73 Å². The van der Waals surface area contributed by atoms with Crippen molar-refractivity contribution in [2.45, 2.75) is 25.8 Å². The molecule has 0 bridgehead atoms. The molecule has 0 aliphatic carbocycles. The maximum atomic E-state index is 11.0. The molecule has 0 aromatic carbocycles. The number of primary amides is 1. The third-order valence-electron chi connectivity index (χ3n) is 3.01. The summed E-state index contributed by atoms with van der Waals surface area (Å²) in [6.45, 7) is 4.62. The Kier molecular flexibility index (Phi) is 4.35. The molecule has 1 amide bonds. The summed E-state index contributed by atoms with van der Waals surface area (Å²) >= 11 is 0. The van der Waals surface area contributed by atoms with Crippen molar-refractivity contribution in [1.29, 1.82) is 0 Å². The van der Waals surface area contributed by atoms with E-state index in [4.69, 9.17) is 10.5 Å². The van der Waals surface area contributed by atoms with Crippen molar-refractivity contribution in [1.82, 2.24) is 4.90 Å². The topological polar surface area (TPSA) is 55.6 Å². The van der Waals surface area contributed by atoms with Gasteiger partial charge in [0.2, 0.25) is 5.91 Å². The molecule has 0 spiro atoms. The summed E-state index contributed by atoms with van der Waals surface area (Å²) in [6.07, 6.45) is 2.21. The zero-order valence-corrected chi connectivity index (χ0v) is 9.03. The van der Waals surface area contributed by atoms with Crippen LogP contribution in [0.4, 0.5) is 0 Å². The molecule has 0 radical (unpaired) electrons. The highest BCUT2D eigenvalue weighted by molar-refractivity contribution is 5.79. The molecule has 2 N–H and O–H groups in total. The van der Waals surface area contributed by atoms with Gasteiger partial charge in [-0.2, -0.15) is 0 Å². The molecular formula is C10H20N2O2. The van der Waals surface area contributed by atoms with Crippen molar-refractivity contribution in [2.75, 3.05) is 26.8 Å². The van der Waals surface area contributed by atoms with E-state index in [9.17, 15) is 4.79 Å². The number of hydrogen-bond acceptors (Lipinski definition) is 3. The summed E-state index contributed by atoms with van der Waals surface area (Å²) in [5.74, 6) is 0.423. The average molecular weight is 200 g/mol. The first-order valence-electron chi connectivity index (χ1n) is 5.17. The number of rotatable bonds is 4. The standard InChI is InChI=1S/C10H20N2O2/c1-8(10(11)13)12-5-3-9(4-6-12)7-14-2/h8-9H,3-7H2,1-2H3,(H2,11,13). The minimum atomic E-state index is -0.227. The fourth-order valence-electron chi connectivity index (χ4n) is 1.92. The number of nitrogens with zero attached hydrogens (tertiary/aromatic N) is 1. The van der Waals surface area contributed by atoms with Crippen molar-refractivity contribution >= 4 is 5.91 Å². The maximum absolute atomic E-state index is 11.0.